The molecule has 3 aromatic rings. The average molecular weight is 681 g/mol. The summed E-state index contributed by atoms with van der Waals surface area (Å²) in [5, 5.41) is 0. The molecule has 1 aliphatic heterocycles. The largest absolute Gasteiger partial charge is 0.489 e. The molecule has 0 fully saturated rings. The lowest BCUT2D eigenvalue weighted by molar-refractivity contribution is -0.139. The minimum atomic E-state index is -0.614. The van der Waals surface area contributed by atoms with Crippen LogP contribution in [0.2, 0.25) is 0 Å². The first-order chi connectivity index (χ1) is 17.1. The molecule has 0 unspecified atom stereocenters. The number of esters is 1. The van der Waals surface area contributed by atoms with Crippen molar-refractivity contribution >= 4 is 61.9 Å². The van der Waals surface area contributed by atoms with E-state index in [0.29, 0.717) is 20.6 Å². The van der Waals surface area contributed by atoms with Crippen molar-refractivity contribution < 1.29 is 14.3 Å². The molecule has 1 atom stereocenters. The Morgan fingerprint density at radius 3 is 2.56 bits per heavy atom. The predicted octanol–water partition coefficient (Wildman–Crippen LogP) is 5.26. The van der Waals surface area contributed by atoms with Gasteiger partial charge in [0.25, 0.3) is 5.56 Å². The molecule has 2 heterocycles. The summed E-state index contributed by atoms with van der Waals surface area (Å²) in [6.45, 7) is 9.75. The SMILES string of the molecule is CCOC(=O)C1=C(C)N=c2s/c(=C\c3cc(Br)c(OC(C)C)c(I)c3)c(=O)n2[C@H]1c1ccc(C)cc1. The van der Waals surface area contributed by atoms with Crippen molar-refractivity contribution in [1.29, 1.82) is 0 Å². The quantitative estimate of drug-likeness (QED) is 0.263. The van der Waals surface area contributed by atoms with Crippen molar-refractivity contribution in [2.75, 3.05) is 6.61 Å². The predicted molar refractivity (Wildman–Crippen MR) is 154 cm³/mol. The highest BCUT2D eigenvalue weighted by molar-refractivity contribution is 14.1. The molecule has 0 saturated carbocycles. The van der Waals surface area contributed by atoms with Gasteiger partial charge in [-0.25, -0.2) is 9.79 Å². The van der Waals surface area contributed by atoms with Crippen LogP contribution in [0.3, 0.4) is 0 Å². The third-order valence-electron chi connectivity index (χ3n) is 5.58. The molecule has 36 heavy (non-hydrogen) atoms. The third-order valence-corrected chi connectivity index (χ3v) is 7.96. The highest BCUT2D eigenvalue weighted by Gasteiger charge is 2.33. The molecule has 0 spiro atoms. The van der Waals surface area contributed by atoms with Gasteiger partial charge in [0, 0.05) is 0 Å². The minimum Gasteiger partial charge on any atom is -0.489 e. The number of carbonyl (C=O) groups excluding carboxylic acids is 1. The molecule has 188 valence electrons. The van der Waals surface area contributed by atoms with E-state index in [1.807, 2.05) is 63.2 Å². The summed E-state index contributed by atoms with van der Waals surface area (Å²) >= 11 is 7.15. The van der Waals surface area contributed by atoms with Crippen molar-refractivity contribution in [3.05, 3.63) is 92.1 Å². The number of halogens is 2. The molecule has 0 bridgehead atoms. The van der Waals surface area contributed by atoms with Gasteiger partial charge in [0.15, 0.2) is 4.80 Å². The Kier molecular flexibility index (Phi) is 8.21. The fourth-order valence-electron chi connectivity index (χ4n) is 4.02. The number of fused-ring (bicyclic) bond motifs is 1. The maximum Gasteiger partial charge on any atom is 0.338 e. The van der Waals surface area contributed by atoms with E-state index in [1.165, 1.54) is 11.3 Å². The van der Waals surface area contributed by atoms with Crippen LogP contribution >= 0.6 is 49.9 Å². The Morgan fingerprint density at radius 1 is 1.25 bits per heavy atom. The summed E-state index contributed by atoms with van der Waals surface area (Å²) in [6.07, 6.45) is 1.90. The Morgan fingerprint density at radius 2 is 1.94 bits per heavy atom. The molecule has 0 aliphatic carbocycles. The second-order valence-electron chi connectivity index (χ2n) is 8.69. The van der Waals surface area contributed by atoms with E-state index in [2.05, 4.69) is 43.5 Å². The Balaban J connectivity index is 1.90. The number of nitrogens with zero attached hydrogens (tertiary/aromatic N) is 2. The Hall–Kier alpha value is -2.24. The first kappa shape index (κ1) is 26.8. The van der Waals surface area contributed by atoms with Crippen LogP contribution in [-0.4, -0.2) is 23.2 Å². The van der Waals surface area contributed by atoms with Gasteiger partial charge < -0.3 is 9.47 Å². The number of rotatable bonds is 6. The lowest BCUT2D eigenvalue weighted by Gasteiger charge is -2.24. The van der Waals surface area contributed by atoms with E-state index in [9.17, 15) is 9.59 Å². The van der Waals surface area contributed by atoms with Crippen molar-refractivity contribution in [2.45, 2.75) is 46.8 Å². The van der Waals surface area contributed by atoms with Gasteiger partial charge in [-0.15, -0.1) is 0 Å². The molecule has 6 nitrogen and oxygen atoms in total. The van der Waals surface area contributed by atoms with Crippen LogP contribution < -0.4 is 19.6 Å². The van der Waals surface area contributed by atoms with Gasteiger partial charge in [0.2, 0.25) is 0 Å². The second kappa shape index (κ2) is 11.0. The number of thiazole rings is 1. The maximum absolute atomic E-state index is 13.8. The smallest absolute Gasteiger partial charge is 0.338 e. The second-order valence-corrected chi connectivity index (χ2v) is 11.7. The number of hydrogen-bond acceptors (Lipinski definition) is 6. The van der Waals surface area contributed by atoms with E-state index in [4.69, 9.17) is 9.47 Å². The summed E-state index contributed by atoms with van der Waals surface area (Å²) < 4.78 is 15.2. The van der Waals surface area contributed by atoms with E-state index >= 15 is 0 Å². The van der Waals surface area contributed by atoms with Crippen LogP contribution in [0.25, 0.3) is 6.08 Å². The molecule has 0 radical (unpaired) electrons. The molecule has 1 aromatic heterocycles. The van der Waals surface area contributed by atoms with Gasteiger partial charge in [-0.1, -0.05) is 41.2 Å². The van der Waals surface area contributed by atoms with Crippen molar-refractivity contribution in [2.24, 2.45) is 4.99 Å². The highest BCUT2D eigenvalue weighted by Crippen LogP contribution is 2.33. The van der Waals surface area contributed by atoms with Crippen LogP contribution in [0.15, 0.2) is 61.9 Å². The summed E-state index contributed by atoms with van der Waals surface area (Å²) in [4.78, 5) is 31.9. The molecule has 1 aliphatic rings. The topological polar surface area (TPSA) is 69.9 Å². The molecular weight excluding hydrogens is 655 g/mol. The maximum atomic E-state index is 13.8. The first-order valence-corrected chi connectivity index (χ1v) is 14.2. The summed E-state index contributed by atoms with van der Waals surface area (Å²) in [5.41, 5.74) is 3.52. The normalized spacial score (nSPS) is 15.7. The molecule has 0 saturated heterocycles. The van der Waals surface area contributed by atoms with Crippen LogP contribution in [0.5, 0.6) is 5.75 Å². The van der Waals surface area contributed by atoms with E-state index in [0.717, 1.165) is 30.5 Å². The number of ether oxygens (including phenoxy) is 2. The molecule has 0 amide bonds. The highest BCUT2D eigenvalue weighted by atomic mass is 127. The van der Waals surface area contributed by atoms with Gasteiger partial charge >= 0.3 is 5.97 Å². The fraction of sp³-hybridized carbons (Fsp3) is 0.296. The molecular formula is C27H26BrIN2O4S. The lowest BCUT2D eigenvalue weighted by Crippen LogP contribution is -2.39. The zero-order chi connectivity index (χ0) is 26.1. The molecule has 2 aromatic carbocycles. The molecule has 9 heteroatoms. The van der Waals surface area contributed by atoms with Crippen molar-refractivity contribution in [3.63, 3.8) is 0 Å². The molecule has 4 rings (SSSR count). The van der Waals surface area contributed by atoms with Crippen molar-refractivity contribution in [3.8, 4) is 5.75 Å². The monoisotopic (exact) mass is 680 g/mol. The number of hydrogen-bond donors (Lipinski definition) is 0. The first-order valence-electron chi connectivity index (χ1n) is 11.5. The Bertz CT molecular complexity index is 1510. The number of allylic oxidation sites excluding steroid dienone is 1. The number of benzene rings is 2. The van der Waals surface area contributed by atoms with E-state index in [-0.39, 0.29) is 18.3 Å². The lowest BCUT2D eigenvalue weighted by atomic mass is 9.95. The van der Waals surface area contributed by atoms with Gasteiger partial charge in [-0.2, -0.15) is 0 Å². The number of carbonyl (C=O) groups is 1. The minimum absolute atomic E-state index is 0.0444. The van der Waals surface area contributed by atoms with Crippen LogP contribution in [0, 0.1) is 10.5 Å². The zero-order valence-corrected chi connectivity index (χ0v) is 25.2. The summed E-state index contributed by atoms with van der Waals surface area (Å²) in [7, 11) is 0. The Labute approximate surface area is 235 Å². The van der Waals surface area contributed by atoms with Gasteiger partial charge in [-0.05, 0) is 102 Å². The van der Waals surface area contributed by atoms with Gasteiger partial charge in [-0.3, -0.25) is 9.36 Å². The standard InChI is InChI=1S/C27H26BrIN2O4S/c1-6-34-26(33)22-16(5)30-27-31(23(22)18-9-7-15(4)8-10-18)25(32)21(36-27)13-17-11-19(28)24(20(29)12-17)35-14(2)3/h7-14,23H,6H2,1-5H3/b21-13-/t23-/m0/s1. The fourth-order valence-corrected chi connectivity index (χ4v) is 6.78. The van der Waals surface area contributed by atoms with Crippen LogP contribution in [-0.2, 0) is 9.53 Å². The van der Waals surface area contributed by atoms with Crippen LogP contribution in [0.4, 0.5) is 0 Å². The summed E-state index contributed by atoms with van der Waals surface area (Å²) in [6, 6.07) is 11.1. The number of aromatic nitrogens is 1. The molecule has 0 N–H and O–H groups in total. The summed E-state index contributed by atoms with van der Waals surface area (Å²) in [5.74, 6) is 0.316. The van der Waals surface area contributed by atoms with Gasteiger partial charge in [0.1, 0.15) is 5.75 Å². The third kappa shape index (κ3) is 5.38. The zero-order valence-electron chi connectivity index (χ0n) is 20.6. The van der Waals surface area contributed by atoms with E-state index < -0.39 is 12.0 Å². The van der Waals surface area contributed by atoms with E-state index in [1.54, 1.807) is 18.4 Å². The number of aryl methyl sites for hydroxylation is 1. The van der Waals surface area contributed by atoms with Gasteiger partial charge in [0.05, 0.1) is 42.6 Å². The van der Waals surface area contributed by atoms with Crippen LogP contribution in [0.1, 0.15) is 50.4 Å². The van der Waals surface area contributed by atoms with Crippen molar-refractivity contribution in [1.82, 2.24) is 4.57 Å². The average Bonchev–Trinajstić information content (AvgIpc) is 3.10.